The summed E-state index contributed by atoms with van der Waals surface area (Å²) in [5, 5.41) is 8.58. The van der Waals surface area contributed by atoms with Gasteiger partial charge in [-0.05, 0) is 41.3 Å². The van der Waals surface area contributed by atoms with E-state index in [2.05, 4.69) is 21.4 Å². The number of carbonyl (C=O) groups is 1. The smallest absolute Gasteiger partial charge is 0.254 e. The minimum Gasteiger partial charge on any atom is -0.336 e. The maximum atomic E-state index is 14.0. The number of rotatable bonds is 6. The summed E-state index contributed by atoms with van der Waals surface area (Å²) < 4.78 is 2.92. The standard InChI is InChI=1S/C30H24Cl2N6O2/c31-23-10-11-26(38-18-28(32)34-35-38)24(15-23)25-16-29(39)37(19-33-25)27(14-20-6-2-1-3-7-20)30(40)36-13-12-21-8-4-5-9-22(21)17-36/h1-11,15-16,18-19,27H,12-14,17H2/t27-/m0/s1. The van der Waals surface area contributed by atoms with Gasteiger partial charge in [0.15, 0.2) is 5.15 Å². The molecule has 40 heavy (non-hydrogen) atoms. The second kappa shape index (κ2) is 11.1. The Labute approximate surface area is 240 Å². The van der Waals surface area contributed by atoms with E-state index in [0.717, 1.165) is 17.5 Å². The number of halogens is 2. The van der Waals surface area contributed by atoms with E-state index in [-0.39, 0.29) is 16.6 Å². The molecule has 0 bridgehead atoms. The van der Waals surface area contributed by atoms with Crippen molar-refractivity contribution in [3.8, 4) is 16.9 Å². The molecule has 6 rings (SSSR count). The minimum atomic E-state index is -0.755. The van der Waals surface area contributed by atoms with Crippen LogP contribution in [0.3, 0.4) is 0 Å². The number of carbonyl (C=O) groups excluding carboxylic acids is 1. The van der Waals surface area contributed by atoms with E-state index in [1.807, 2.05) is 53.4 Å². The molecule has 2 aromatic heterocycles. The number of amides is 1. The molecular weight excluding hydrogens is 547 g/mol. The predicted molar refractivity (Wildman–Crippen MR) is 154 cm³/mol. The van der Waals surface area contributed by atoms with Crippen molar-refractivity contribution in [2.75, 3.05) is 6.54 Å². The molecular formula is C30H24Cl2N6O2. The lowest BCUT2D eigenvalue weighted by atomic mass is 9.98. The van der Waals surface area contributed by atoms with Crippen LogP contribution in [0.15, 0.2) is 96.2 Å². The highest BCUT2D eigenvalue weighted by Gasteiger charge is 2.30. The highest BCUT2D eigenvalue weighted by Crippen LogP contribution is 2.29. The normalized spacial score (nSPS) is 13.6. The third kappa shape index (κ3) is 5.28. The summed E-state index contributed by atoms with van der Waals surface area (Å²) in [5.74, 6) is -0.115. The lowest BCUT2D eigenvalue weighted by Gasteiger charge is -2.32. The van der Waals surface area contributed by atoms with Crippen LogP contribution in [0, 0.1) is 0 Å². The Balaban J connectivity index is 1.37. The predicted octanol–water partition coefficient (Wildman–Crippen LogP) is 5.17. The Morgan fingerprint density at radius 3 is 2.48 bits per heavy atom. The summed E-state index contributed by atoms with van der Waals surface area (Å²) in [6.07, 6.45) is 4.13. The second-order valence-electron chi connectivity index (χ2n) is 9.65. The van der Waals surface area contributed by atoms with E-state index in [1.165, 1.54) is 27.2 Å². The van der Waals surface area contributed by atoms with Crippen molar-refractivity contribution >= 4 is 29.1 Å². The van der Waals surface area contributed by atoms with Gasteiger partial charge in [-0.2, -0.15) is 0 Å². The Kier molecular flexibility index (Phi) is 7.19. The van der Waals surface area contributed by atoms with Gasteiger partial charge in [-0.15, -0.1) is 5.10 Å². The molecule has 8 nitrogen and oxygen atoms in total. The molecule has 3 heterocycles. The number of benzene rings is 3. The van der Waals surface area contributed by atoms with Crippen molar-refractivity contribution in [2.45, 2.75) is 25.4 Å². The van der Waals surface area contributed by atoms with Crippen LogP contribution in [0.25, 0.3) is 16.9 Å². The average Bonchev–Trinajstić information content (AvgIpc) is 3.42. The largest absolute Gasteiger partial charge is 0.336 e. The van der Waals surface area contributed by atoms with E-state index in [9.17, 15) is 9.59 Å². The molecule has 1 atom stereocenters. The van der Waals surface area contributed by atoms with Crippen molar-refractivity contribution in [1.82, 2.24) is 29.4 Å². The first-order valence-electron chi connectivity index (χ1n) is 12.8. The molecule has 1 amide bonds. The number of hydrogen-bond donors (Lipinski definition) is 0. The van der Waals surface area contributed by atoms with Crippen molar-refractivity contribution in [1.29, 1.82) is 0 Å². The van der Waals surface area contributed by atoms with Gasteiger partial charge in [-0.3, -0.25) is 14.2 Å². The molecule has 0 N–H and O–H groups in total. The molecule has 10 heteroatoms. The number of nitrogens with zero attached hydrogens (tertiary/aromatic N) is 6. The van der Waals surface area contributed by atoms with E-state index >= 15 is 0 Å². The number of aromatic nitrogens is 5. The molecule has 0 saturated carbocycles. The first-order valence-corrected chi connectivity index (χ1v) is 13.6. The van der Waals surface area contributed by atoms with Gasteiger partial charge in [0.05, 0.1) is 23.9 Å². The summed E-state index contributed by atoms with van der Waals surface area (Å²) in [7, 11) is 0. The van der Waals surface area contributed by atoms with Crippen LogP contribution in [0.1, 0.15) is 22.7 Å². The third-order valence-corrected chi connectivity index (χ3v) is 7.53. The molecule has 5 aromatic rings. The van der Waals surface area contributed by atoms with Crippen LogP contribution in [-0.2, 0) is 24.2 Å². The van der Waals surface area contributed by atoms with Gasteiger partial charge >= 0.3 is 0 Å². The Bertz CT molecular complexity index is 1750. The van der Waals surface area contributed by atoms with Crippen LogP contribution < -0.4 is 5.56 Å². The molecule has 0 spiro atoms. The number of hydrogen-bond acceptors (Lipinski definition) is 5. The van der Waals surface area contributed by atoms with Gasteiger partial charge in [-0.1, -0.05) is 83.0 Å². The maximum Gasteiger partial charge on any atom is 0.254 e. The van der Waals surface area contributed by atoms with E-state index in [0.29, 0.717) is 41.5 Å². The van der Waals surface area contributed by atoms with E-state index in [1.54, 1.807) is 24.4 Å². The van der Waals surface area contributed by atoms with Crippen LogP contribution in [0.2, 0.25) is 10.2 Å². The van der Waals surface area contributed by atoms with Gasteiger partial charge in [0, 0.05) is 36.2 Å². The first kappa shape index (κ1) is 26.0. The van der Waals surface area contributed by atoms with Gasteiger partial charge in [0.25, 0.3) is 5.56 Å². The van der Waals surface area contributed by atoms with Crippen LogP contribution in [-0.4, -0.2) is 41.9 Å². The van der Waals surface area contributed by atoms with Crippen LogP contribution >= 0.6 is 23.2 Å². The molecule has 1 aliphatic rings. The Hall–Kier alpha value is -4.27. The maximum absolute atomic E-state index is 14.0. The highest BCUT2D eigenvalue weighted by atomic mass is 35.5. The molecule has 200 valence electrons. The van der Waals surface area contributed by atoms with Crippen LogP contribution in [0.4, 0.5) is 0 Å². The zero-order chi connectivity index (χ0) is 27.6. The van der Waals surface area contributed by atoms with Crippen molar-refractivity contribution < 1.29 is 4.79 Å². The van der Waals surface area contributed by atoms with Gasteiger partial charge in [0.1, 0.15) is 6.04 Å². The minimum absolute atomic E-state index is 0.115. The zero-order valence-electron chi connectivity index (χ0n) is 21.3. The molecule has 0 saturated heterocycles. The van der Waals surface area contributed by atoms with Gasteiger partial charge in [-0.25, -0.2) is 9.67 Å². The summed E-state index contributed by atoms with van der Waals surface area (Å²) >= 11 is 12.3. The zero-order valence-corrected chi connectivity index (χ0v) is 22.8. The van der Waals surface area contributed by atoms with E-state index < -0.39 is 6.04 Å². The first-order chi connectivity index (χ1) is 19.5. The van der Waals surface area contributed by atoms with Crippen molar-refractivity contribution in [3.63, 3.8) is 0 Å². The third-order valence-electron chi connectivity index (χ3n) is 7.12. The molecule has 3 aromatic carbocycles. The lowest BCUT2D eigenvalue weighted by molar-refractivity contribution is -0.135. The molecule has 0 fully saturated rings. The average molecular weight is 571 g/mol. The molecule has 0 aliphatic carbocycles. The quantitative estimate of drug-likeness (QED) is 0.281. The Morgan fingerprint density at radius 2 is 1.73 bits per heavy atom. The van der Waals surface area contributed by atoms with E-state index in [4.69, 9.17) is 23.2 Å². The monoisotopic (exact) mass is 570 g/mol. The fraction of sp³-hybridized carbons (Fsp3) is 0.167. The Morgan fingerprint density at radius 1 is 0.950 bits per heavy atom. The van der Waals surface area contributed by atoms with Gasteiger partial charge < -0.3 is 4.90 Å². The highest BCUT2D eigenvalue weighted by molar-refractivity contribution is 6.31. The lowest BCUT2D eigenvalue weighted by Crippen LogP contribution is -2.43. The fourth-order valence-electron chi connectivity index (χ4n) is 5.10. The van der Waals surface area contributed by atoms with Crippen molar-refractivity contribution in [3.05, 3.63) is 129 Å². The van der Waals surface area contributed by atoms with Crippen LogP contribution in [0.5, 0.6) is 0 Å². The summed E-state index contributed by atoms with van der Waals surface area (Å²) in [6.45, 7) is 1.10. The summed E-state index contributed by atoms with van der Waals surface area (Å²) in [5.41, 5.74) is 4.56. The van der Waals surface area contributed by atoms with Gasteiger partial charge in [0.2, 0.25) is 5.91 Å². The van der Waals surface area contributed by atoms with Crippen molar-refractivity contribution in [2.24, 2.45) is 0 Å². The molecule has 0 radical (unpaired) electrons. The summed E-state index contributed by atoms with van der Waals surface area (Å²) in [6, 6.07) is 23.7. The SMILES string of the molecule is O=C([C@H](Cc1ccccc1)n1cnc(-c2cc(Cl)ccc2-n2cc(Cl)nn2)cc1=O)N1CCc2ccccc2C1. The topological polar surface area (TPSA) is 85.9 Å². The fourth-order valence-corrected chi connectivity index (χ4v) is 5.40. The molecule has 1 aliphatic heterocycles. The molecule has 0 unspecified atom stereocenters. The summed E-state index contributed by atoms with van der Waals surface area (Å²) in [4.78, 5) is 34.1. The second-order valence-corrected chi connectivity index (χ2v) is 10.5. The number of fused-ring (bicyclic) bond motifs is 1.